The van der Waals surface area contributed by atoms with Crippen LogP contribution in [0.15, 0.2) is 36.5 Å². The van der Waals surface area contributed by atoms with Crippen molar-refractivity contribution < 1.29 is 9.59 Å². The summed E-state index contributed by atoms with van der Waals surface area (Å²) in [6.07, 6.45) is 3.50. The first-order valence-electron chi connectivity index (χ1n) is 11.3. The van der Waals surface area contributed by atoms with Crippen molar-refractivity contribution in [1.29, 1.82) is 0 Å². The number of piperidine rings is 1. The molecular weight excluding hydrogens is 461 g/mol. The molecule has 0 spiro atoms. The summed E-state index contributed by atoms with van der Waals surface area (Å²) in [7, 11) is 1.59. The van der Waals surface area contributed by atoms with Crippen LogP contribution in [0.3, 0.4) is 0 Å². The lowest BCUT2D eigenvalue weighted by Crippen LogP contribution is -2.58. The Hall–Kier alpha value is -2.35. The highest BCUT2D eigenvalue weighted by molar-refractivity contribution is 6.33. The summed E-state index contributed by atoms with van der Waals surface area (Å²) in [6.45, 7) is 6.29. The summed E-state index contributed by atoms with van der Waals surface area (Å²) in [5, 5.41) is 3.72. The molecule has 1 aromatic heterocycles. The van der Waals surface area contributed by atoms with Gasteiger partial charge in [-0.25, -0.2) is 4.98 Å². The minimum Gasteiger partial charge on any atom is -0.355 e. The molecule has 7 nitrogen and oxygen atoms in total. The number of likely N-dealkylation sites (tertiary alicyclic amines) is 1. The number of piperazine rings is 1. The number of nitrogens with one attached hydrogen (secondary N) is 1. The van der Waals surface area contributed by atoms with Crippen LogP contribution in [-0.4, -0.2) is 78.5 Å². The van der Waals surface area contributed by atoms with Gasteiger partial charge in [-0.05, 0) is 50.1 Å². The van der Waals surface area contributed by atoms with E-state index < -0.39 is 0 Å². The number of hydrogen-bond donors (Lipinski definition) is 1. The fourth-order valence-corrected chi connectivity index (χ4v) is 5.23. The van der Waals surface area contributed by atoms with Crippen LogP contribution in [0.25, 0.3) is 0 Å². The van der Waals surface area contributed by atoms with Crippen LogP contribution in [0, 0.1) is 0 Å². The highest BCUT2D eigenvalue weighted by Crippen LogP contribution is 2.29. The summed E-state index contributed by atoms with van der Waals surface area (Å²) in [5.41, 5.74) is 1.14. The molecule has 0 saturated carbocycles. The van der Waals surface area contributed by atoms with Crippen molar-refractivity contribution in [2.24, 2.45) is 0 Å². The number of carbonyl (C=O) groups excluding carboxylic acids is 2. The molecule has 3 heterocycles. The molecule has 1 N–H and O–H groups in total. The standard InChI is InChI=1S/C24H29Cl2N5O2/c1-16-15-30(22-21(26)13-18(14-28-22)23(32)27-2)11-12-31(16)20-7-9-29(10-8-20)24(33)17-3-5-19(25)6-4-17/h3-6,13-14,16,20H,7-12,15H2,1-2H3,(H,27,32)/t16-/m0/s1. The van der Waals surface area contributed by atoms with Gasteiger partial charge < -0.3 is 15.1 Å². The van der Waals surface area contributed by atoms with E-state index in [1.54, 1.807) is 43.6 Å². The molecule has 2 aliphatic rings. The summed E-state index contributed by atoms with van der Waals surface area (Å²) < 4.78 is 0. The average molecular weight is 490 g/mol. The van der Waals surface area contributed by atoms with Gasteiger partial charge in [-0.3, -0.25) is 14.5 Å². The van der Waals surface area contributed by atoms with E-state index in [4.69, 9.17) is 23.2 Å². The molecule has 0 aliphatic carbocycles. The second-order valence-electron chi connectivity index (χ2n) is 8.67. The molecular formula is C24H29Cl2N5O2. The Balaban J connectivity index is 1.33. The zero-order chi connectivity index (χ0) is 23.5. The summed E-state index contributed by atoms with van der Waals surface area (Å²) in [5.74, 6) is 0.595. The van der Waals surface area contributed by atoms with E-state index in [9.17, 15) is 9.59 Å². The van der Waals surface area contributed by atoms with Crippen LogP contribution in [0.1, 0.15) is 40.5 Å². The van der Waals surface area contributed by atoms with Crippen molar-refractivity contribution in [3.63, 3.8) is 0 Å². The normalized spacial score (nSPS) is 20.1. The lowest BCUT2D eigenvalue weighted by Gasteiger charge is -2.46. The lowest BCUT2D eigenvalue weighted by molar-refractivity contribution is 0.0525. The molecule has 176 valence electrons. The lowest BCUT2D eigenvalue weighted by atomic mass is 9.99. The van der Waals surface area contributed by atoms with Gasteiger partial charge in [0.1, 0.15) is 5.82 Å². The Morgan fingerprint density at radius 2 is 1.73 bits per heavy atom. The summed E-state index contributed by atoms with van der Waals surface area (Å²) in [6, 6.07) is 9.56. The third-order valence-electron chi connectivity index (χ3n) is 6.60. The first-order chi connectivity index (χ1) is 15.9. The van der Waals surface area contributed by atoms with Gasteiger partial charge in [0, 0.05) is 68.6 Å². The van der Waals surface area contributed by atoms with Crippen molar-refractivity contribution >= 4 is 40.8 Å². The smallest absolute Gasteiger partial charge is 0.253 e. The van der Waals surface area contributed by atoms with Crippen molar-refractivity contribution in [1.82, 2.24) is 20.1 Å². The number of hydrogen-bond acceptors (Lipinski definition) is 5. The van der Waals surface area contributed by atoms with E-state index >= 15 is 0 Å². The van der Waals surface area contributed by atoms with Gasteiger partial charge in [0.15, 0.2) is 0 Å². The maximum Gasteiger partial charge on any atom is 0.253 e. The second-order valence-corrected chi connectivity index (χ2v) is 9.52. The molecule has 2 aromatic rings. The van der Waals surface area contributed by atoms with Gasteiger partial charge >= 0.3 is 0 Å². The van der Waals surface area contributed by atoms with Crippen molar-refractivity contribution in [2.75, 3.05) is 44.7 Å². The van der Waals surface area contributed by atoms with Gasteiger partial charge in [-0.15, -0.1) is 0 Å². The topological polar surface area (TPSA) is 68.8 Å². The van der Waals surface area contributed by atoms with Gasteiger partial charge in [-0.1, -0.05) is 23.2 Å². The van der Waals surface area contributed by atoms with Crippen molar-refractivity contribution in [3.05, 3.63) is 57.7 Å². The van der Waals surface area contributed by atoms with Gasteiger partial charge in [-0.2, -0.15) is 0 Å². The van der Waals surface area contributed by atoms with Crippen LogP contribution >= 0.6 is 23.2 Å². The SMILES string of the molecule is CNC(=O)c1cnc(N2CCN(C3CCN(C(=O)c4ccc(Cl)cc4)CC3)[C@@H](C)C2)c(Cl)c1. The largest absolute Gasteiger partial charge is 0.355 e. The summed E-state index contributed by atoms with van der Waals surface area (Å²) in [4.78, 5) is 35.8. The van der Waals surface area contributed by atoms with Crippen LogP contribution in [0.4, 0.5) is 5.82 Å². The van der Waals surface area contributed by atoms with E-state index in [1.165, 1.54) is 0 Å². The Bertz CT molecular complexity index is 1010. The first-order valence-corrected chi connectivity index (χ1v) is 12.1. The maximum atomic E-state index is 12.8. The molecule has 1 aromatic carbocycles. The number of carbonyl (C=O) groups is 2. The predicted molar refractivity (Wildman–Crippen MR) is 131 cm³/mol. The van der Waals surface area contributed by atoms with E-state index in [1.807, 2.05) is 4.90 Å². The van der Waals surface area contributed by atoms with E-state index in [-0.39, 0.29) is 11.8 Å². The Morgan fingerprint density at radius 1 is 1.03 bits per heavy atom. The fraction of sp³-hybridized carbons (Fsp3) is 0.458. The molecule has 9 heteroatoms. The monoisotopic (exact) mass is 489 g/mol. The van der Waals surface area contributed by atoms with E-state index in [0.29, 0.717) is 33.3 Å². The Labute approximate surface area is 204 Å². The number of aromatic nitrogens is 1. The second kappa shape index (κ2) is 10.3. The minimum absolute atomic E-state index is 0.0731. The minimum atomic E-state index is -0.199. The van der Waals surface area contributed by atoms with E-state index in [0.717, 1.165) is 51.4 Å². The maximum absolute atomic E-state index is 12.8. The molecule has 2 fully saturated rings. The van der Waals surface area contributed by atoms with Crippen LogP contribution < -0.4 is 10.2 Å². The van der Waals surface area contributed by atoms with Crippen molar-refractivity contribution in [3.8, 4) is 0 Å². The quantitative estimate of drug-likeness (QED) is 0.710. The zero-order valence-corrected chi connectivity index (χ0v) is 20.4. The number of halogens is 2. The van der Waals surface area contributed by atoms with Gasteiger partial charge in [0.2, 0.25) is 0 Å². The number of anilines is 1. The predicted octanol–water partition coefficient (Wildman–Crippen LogP) is 3.56. The number of pyridine rings is 1. The van der Waals surface area contributed by atoms with Gasteiger partial charge in [0.05, 0.1) is 10.6 Å². The number of benzene rings is 1. The van der Waals surface area contributed by atoms with Crippen LogP contribution in [0.2, 0.25) is 10.0 Å². The third kappa shape index (κ3) is 5.26. The first kappa shape index (κ1) is 23.8. The molecule has 2 aliphatic heterocycles. The van der Waals surface area contributed by atoms with Crippen molar-refractivity contribution in [2.45, 2.75) is 31.8 Å². The van der Waals surface area contributed by atoms with Crippen LogP contribution in [0.5, 0.6) is 0 Å². The highest BCUT2D eigenvalue weighted by atomic mass is 35.5. The molecule has 33 heavy (non-hydrogen) atoms. The highest BCUT2D eigenvalue weighted by Gasteiger charge is 2.33. The number of nitrogens with zero attached hydrogens (tertiary/aromatic N) is 4. The molecule has 2 saturated heterocycles. The number of amides is 2. The van der Waals surface area contributed by atoms with Gasteiger partial charge in [0.25, 0.3) is 11.8 Å². The third-order valence-corrected chi connectivity index (χ3v) is 7.13. The molecule has 0 bridgehead atoms. The average Bonchev–Trinajstić information content (AvgIpc) is 2.83. The Morgan fingerprint density at radius 3 is 2.33 bits per heavy atom. The number of rotatable bonds is 4. The van der Waals surface area contributed by atoms with Crippen LogP contribution in [-0.2, 0) is 0 Å². The summed E-state index contributed by atoms with van der Waals surface area (Å²) >= 11 is 12.4. The molecule has 1 atom stereocenters. The zero-order valence-electron chi connectivity index (χ0n) is 18.9. The fourth-order valence-electron chi connectivity index (χ4n) is 4.81. The Kier molecular flexibility index (Phi) is 7.41. The molecule has 0 unspecified atom stereocenters. The molecule has 2 amide bonds. The molecule has 0 radical (unpaired) electrons. The van der Waals surface area contributed by atoms with E-state index in [2.05, 4.69) is 27.0 Å². The molecule has 4 rings (SSSR count).